The fourth-order valence-corrected chi connectivity index (χ4v) is 3.64. The Labute approximate surface area is 169 Å². The van der Waals surface area contributed by atoms with Gasteiger partial charge in [0.05, 0.1) is 16.3 Å². The van der Waals surface area contributed by atoms with Gasteiger partial charge in [-0.05, 0) is 13.0 Å². The lowest BCUT2D eigenvalue weighted by molar-refractivity contribution is -0.385. The molecule has 0 aliphatic carbocycles. The maximum atomic E-state index is 12.7. The lowest BCUT2D eigenvalue weighted by atomic mass is 10.1. The van der Waals surface area contributed by atoms with Gasteiger partial charge in [0.15, 0.2) is 0 Å². The first-order valence-electron chi connectivity index (χ1n) is 8.65. The second-order valence-corrected chi connectivity index (χ2v) is 7.03. The van der Waals surface area contributed by atoms with E-state index < -0.39 is 10.8 Å². The average Bonchev–Trinajstić information content (AvgIpc) is 3.35. The van der Waals surface area contributed by atoms with E-state index in [0.29, 0.717) is 16.6 Å². The van der Waals surface area contributed by atoms with E-state index in [1.54, 1.807) is 19.1 Å². The van der Waals surface area contributed by atoms with Crippen molar-refractivity contribution in [1.29, 1.82) is 0 Å². The highest BCUT2D eigenvalue weighted by molar-refractivity contribution is 7.12. The molecule has 0 aliphatic heterocycles. The monoisotopic (exact) mass is 405 g/mol. The van der Waals surface area contributed by atoms with Crippen LogP contribution in [0, 0.1) is 17.0 Å². The van der Waals surface area contributed by atoms with Crippen molar-refractivity contribution in [3.8, 4) is 16.4 Å². The van der Waals surface area contributed by atoms with Crippen LogP contribution in [0.25, 0.3) is 16.4 Å². The van der Waals surface area contributed by atoms with Crippen LogP contribution in [0.5, 0.6) is 0 Å². The number of rotatable bonds is 5. The third kappa shape index (κ3) is 3.76. The number of aromatic nitrogens is 3. The summed E-state index contributed by atoms with van der Waals surface area (Å²) < 4.78 is 1.53. The molecule has 0 bridgehead atoms. The molecule has 0 radical (unpaired) electrons. The van der Waals surface area contributed by atoms with Crippen LogP contribution < -0.4 is 5.32 Å². The predicted octanol–water partition coefficient (Wildman–Crippen LogP) is 4.46. The molecular weight excluding hydrogens is 390 g/mol. The number of hydrogen-bond donors (Lipinski definition) is 1. The molecule has 144 valence electrons. The first-order chi connectivity index (χ1) is 14.0. The van der Waals surface area contributed by atoms with Gasteiger partial charge in [-0.25, -0.2) is 4.98 Å². The Balaban J connectivity index is 1.66. The third-order valence-electron chi connectivity index (χ3n) is 4.16. The number of benzene rings is 2. The minimum absolute atomic E-state index is 0.0213. The standard InChI is InChI=1S/C20H15N5O3S/c1-13-11-18(22-19(26)15-9-5-6-10-17(15)25(27)28)24(23-13)20-21-16(12-29-20)14-7-3-2-4-8-14/h2-12H,1H3,(H,22,26). The molecule has 1 amide bonds. The van der Waals surface area contributed by atoms with E-state index in [4.69, 9.17) is 0 Å². The van der Waals surface area contributed by atoms with Crippen LogP contribution in [0.2, 0.25) is 0 Å². The lowest BCUT2D eigenvalue weighted by Crippen LogP contribution is -2.16. The minimum Gasteiger partial charge on any atom is -0.306 e. The van der Waals surface area contributed by atoms with Crippen LogP contribution in [-0.4, -0.2) is 25.6 Å². The number of hydrogen-bond acceptors (Lipinski definition) is 6. The SMILES string of the molecule is Cc1cc(NC(=O)c2ccccc2[N+](=O)[O-])n(-c2nc(-c3ccccc3)cs2)n1. The van der Waals surface area contributed by atoms with E-state index in [9.17, 15) is 14.9 Å². The maximum absolute atomic E-state index is 12.7. The van der Waals surface area contributed by atoms with Gasteiger partial charge in [-0.1, -0.05) is 42.5 Å². The number of aryl methyl sites for hydroxylation is 1. The van der Waals surface area contributed by atoms with Crippen LogP contribution in [0.4, 0.5) is 11.5 Å². The normalized spacial score (nSPS) is 10.7. The van der Waals surface area contributed by atoms with Gasteiger partial charge in [0.1, 0.15) is 11.4 Å². The quantitative estimate of drug-likeness (QED) is 0.390. The molecule has 0 unspecified atom stereocenters. The Hall–Kier alpha value is -3.85. The number of thiazole rings is 1. The summed E-state index contributed by atoms with van der Waals surface area (Å²) in [4.78, 5) is 27.9. The van der Waals surface area contributed by atoms with Gasteiger partial charge in [-0.3, -0.25) is 14.9 Å². The van der Waals surface area contributed by atoms with Crippen molar-refractivity contribution < 1.29 is 9.72 Å². The molecule has 0 aliphatic rings. The lowest BCUT2D eigenvalue weighted by Gasteiger charge is -2.07. The van der Waals surface area contributed by atoms with E-state index in [1.807, 2.05) is 35.7 Å². The fourth-order valence-electron chi connectivity index (χ4n) is 2.85. The number of amides is 1. The predicted molar refractivity (Wildman–Crippen MR) is 110 cm³/mol. The molecule has 2 aromatic heterocycles. The third-order valence-corrected chi connectivity index (χ3v) is 4.98. The van der Waals surface area contributed by atoms with Crippen molar-refractivity contribution in [2.45, 2.75) is 6.92 Å². The highest BCUT2D eigenvalue weighted by Crippen LogP contribution is 2.27. The van der Waals surface area contributed by atoms with Crippen LogP contribution in [0.15, 0.2) is 66.0 Å². The molecule has 0 spiro atoms. The maximum Gasteiger partial charge on any atom is 0.282 e. The van der Waals surface area contributed by atoms with E-state index in [1.165, 1.54) is 34.2 Å². The zero-order valence-corrected chi connectivity index (χ0v) is 16.1. The number of carbonyl (C=O) groups excluding carboxylic acids is 1. The Morgan fingerprint density at radius 2 is 1.86 bits per heavy atom. The molecule has 9 heteroatoms. The summed E-state index contributed by atoms with van der Waals surface area (Å²) in [7, 11) is 0. The molecule has 29 heavy (non-hydrogen) atoms. The number of nitro benzene ring substituents is 1. The highest BCUT2D eigenvalue weighted by Gasteiger charge is 2.21. The molecule has 0 saturated carbocycles. The van der Waals surface area contributed by atoms with Crippen molar-refractivity contribution in [1.82, 2.24) is 14.8 Å². The number of para-hydroxylation sites is 1. The van der Waals surface area contributed by atoms with Crippen molar-refractivity contribution in [3.63, 3.8) is 0 Å². The van der Waals surface area contributed by atoms with Crippen molar-refractivity contribution >= 4 is 28.7 Å². The van der Waals surface area contributed by atoms with Gasteiger partial charge in [0, 0.05) is 23.1 Å². The fraction of sp³-hybridized carbons (Fsp3) is 0.0500. The van der Waals surface area contributed by atoms with Gasteiger partial charge in [-0.15, -0.1) is 11.3 Å². The van der Waals surface area contributed by atoms with Gasteiger partial charge < -0.3 is 5.32 Å². The molecule has 4 rings (SSSR count). The van der Waals surface area contributed by atoms with E-state index in [-0.39, 0.29) is 11.3 Å². The van der Waals surface area contributed by atoms with Crippen LogP contribution >= 0.6 is 11.3 Å². The number of nitrogens with one attached hydrogen (secondary N) is 1. The smallest absolute Gasteiger partial charge is 0.282 e. The molecule has 0 fully saturated rings. The van der Waals surface area contributed by atoms with E-state index in [2.05, 4.69) is 15.4 Å². The number of nitrogens with zero attached hydrogens (tertiary/aromatic N) is 4. The number of anilines is 1. The summed E-state index contributed by atoms with van der Waals surface area (Å²) in [5.74, 6) is -0.196. The number of carbonyl (C=O) groups is 1. The summed E-state index contributed by atoms with van der Waals surface area (Å²) in [5, 5.41) is 20.8. The molecular formula is C20H15N5O3S. The summed E-state index contributed by atoms with van der Waals surface area (Å²) in [5.41, 5.74) is 2.18. The van der Waals surface area contributed by atoms with Crippen LogP contribution in [0.1, 0.15) is 16.1 Å². The molecule has 2 aromatic carbocycles. The van der Waals surface area contributed by atoms with E-state index in [0.717, 1.165) is 11.3 Å². The van der Waals surface area contributed by atoms with Crippen molar-refractivity contribution in [2.75, 3.05) is 5.32 Å². The molecule has 0 atom stereocenters. The zero-order valence-electron chi connectivity index (χ0n) is 15.3. The Morgan fingerprint density at radius 1 is 1.14 bits per heavy atom. The minimum atomic E-state index is -0.585. The average molecular weight is 405 g/mol. The molecule has 0 saturated heterocycles. The molecule has 8 nitrogen and oxygen atoms in total. The molecule has 4 aromatic rings. The number of nitro groups is 1. The first kappa shape index (κ1) is 18.5. The van der Waals surface area contributed by atoms with Gasteiger partial charge in [0.25, 0.3) is 11.6 Å². The van der Waals surface area contributed by atoms with Crippen LogP contribution in [-0.2, 0) is 0 Å². The van der Waals surface area contributed by atoms with Crippen LogP contribution in [0.3, 0.4) is 0 Å². The summed E-state index contributed by atoms with van der Waals surface area (Å²) in [6.45, 7) is 1.79. The zero-order chi connectivity index (χ0) is 20.4. The Bertz CT molecular complexity index is 1200. The molecule has 2 heterocycles. The topological polar surface area (TPSA) is 103 Å². The van der Waals surface area contributed by atoms with Gasteiger partial charge in [0.2, 0.25) is 5.13 Å². The summed E-state index contributed by atoms with van der Waals surface area (Å²) in [6.07, 6.45) is 0. The second kappa shape index (κ2) is 7.64. The Kier molecular flexibility index (Phi) is 4.88. The second-order valence-electron chi connectivity index (χ2n) is 6.19. The van der Waals surface area contributed by atoms with Gasteiger partial charge in [-0.2, -0.15) is 9.78 Å². The van der Waals surface area contributed by atoms with Crippen molar-refractivity contribution in [3.05, 3.63) is 87.4 Å². The van der Waals surface area contributed by atoms with Gasteiger partial charge >= 0.3 is 0 Å². The highest BCUT2D eigenvalue weighted by atomic mass is 32.1. The van der Waals surface area contributed by atoms with E-state index >= 15 is 0 Å². The molecule has 1 N–H and O–H groups in total. The largest absolute Gasteiger partial charge is 0.306 e. The first-order valence-corrected chi connectivity index (χ1v) is 9.53. The summed E-state index contributed by atoms with van der Waals surface area (Å²) >= 11 is 1.39. The van der Waals surface area contributed by atoms with Crippen molar-refractivity contribution in [2.24, 2.45) is 0 Å². The summed E-state index contributed by atoms with van der Waals surface area (Å²) in [6, 6.07) is 17.2. The Morgan fingerprint density at radius 3 is 2.62 bits per heavy atom.